The smallest absolute Gasteiger partial charge is 0.0541 e. The summed E-state index contributed by atoms with van der Waals surface area (Å²) in [5.74, 6) is 0. The average Bonchev–Trinajstić information content (AvgIpc) is 3.96. The van der Waals surface area contributed by atoms with E-state index in [1.807, 2.05) is 22.7 Å². The van der Waals surface area contributed by atoms with Gasteiger partial charge in [0.1, 0.15) is 0 Å². The number of nitrogens with zero attached hydrogens (tertiary/aromatic N) is 1. The van der Waals surface area contributed by atoms with Crippen LogP contribution in [0.5, 0.6) is 0 Å². The van der Waals surface area contributed by atoms with Gasteiger partial charge in [-0.05, 0) is 87.0 Å². The van der Waals surface area contributed by atoms with E-state index in [1.54, 1.807) is 0 Å². The van der Waals surface area contributed by atoms with Crippen molar-refractivity contribution < 1.29 is 0 Å². The highest BCUT2D eigenvalue weighted by Gasteiger charge is 2.15. The van der Waals surface area contributed by atoms with Gasteiger partial charge in [0, 0.05) is 56.8 Å². The van der Waals surface area contributed by atoms with Crippen molar-refractivity contribution in [3.8, 4) is 50.2 Å². The van der Waals surface area contributed by atoms with Crippen LogP contribution in [0.1, 0.15) is 0 Å². The highest BCUT2D eigenvalue weighted by atomic mass is 32.1. The minimum atomic E-state index is 1.16. The molecule has 0 aliphatic carbocycles. The summed E-state index contributed by atoms with van der Waals surface area (Å²) in [6, 6.07) is 73.7. The fraction of sp³-hybridized carbons (Fsp3) is 0. The Bertz CT molecular complexity index is 3490. The van der Waals surface area contributed by atoms with Crippen molar-refractivity contribution in [1.29, 1.82) is 0 Å². The van der Waals surface area contributed by atoms with Crippen LogP contribution in [0.15, 0.2) is 200 Å². The second kappa shape index (κ2) is 12.9. The number of thiophene rings is 2. The van der Waals surface area contributed by atoms with Crippen molar-refractivity contribution in [2.24, 2.45) is 0 Å². The summed E-state index contributed by atoms with van der Waals surface area (Å²) in [5, 5.41) is 7.86. The Morgan fingerprint density at radius 3 is 1.28 bits per heavy atom. The molecule has 0 spiro atoms. The molecule has 0 saturated heterocycles. The number of aromatic nitrogens is 1. The molecule has 0 saturated carbocycles. The van der Waals surface area contributed by atoms with Gasteiger partial charge in [-0.2, -0.15) is 0 Å². The van der Waals surface area contributed by atoms with Gasteiger partial charge in [-0.15, -0.1) is 22.7 Å². The van der Waals surface area contributed by atoms with Crippen LogP contribution in [0.25, 0.3) is 112 Å². The van der Waals surface area contributed by atoms with E-state index in [-0.39, 0.29) is 0 Å². The molecule has 1 nitrogen and oxygen atoms in total. The predicted octanol–water partition coefficient (Wildman–Crippen LogP) is 16.2. The van der Waals surface area contributed by atoms with Crippen molar-refractivity contribution in [3.63, 3.8) is 0 Å². The summed E-state index contributed by atoms with van der Waals surface area (Å²) in [4.78, 5) is 0. The second-order valence-corrected chi connectivity index (χ2v) is 17.0. The van der Waals surface area contributed by atoms with Gasteiger partial charge >= 0.3 is 0 Å². The zero-order valence-corrected chi connectivity index (χ0v) is 32.4. The van der Waals surface area contributed by atoms with Crippen LogP contribution >= 0.6 is 22.7 Å². The van der Waals surface area contributed by atoms with Crippen molar-refractivity contribution in [1.82, 2.24) is 4.57 Å². The first-order valence-corrected chi connectivity index (χ1v) is 21.0. The molecule has 0 aliphatic rings. The van der Waals surface area contributed by atoms with E-state index >= 15 is 0 Å². The normalized spacial score (nSPS) is 11.9. The maximum atomic E-state index is 2.40. The fourth-order valence-electron chi connectivity index (χ4n) is 8.87. The molecule has 12 aromatic rings. The number of rotatable bonds is 5. The Kier molecular flexibility index (Phi) is 7.34. The molecular formula is C54H33NS2. The highest BCUT2D eigenvalue weighted by Crippen LogP contribution is 2.42. The first kappa shape index (κ1) is 32.5. The Balaban J connectivity index is 0.864. The number of benzene rings is 9. The average molecular weight is 760 g/mol. The first-order valence-electron chi connectivity index (χ1n) is 19.4. The molecule has 0 radical (unpaired) electrons. The minimum Gasteiger partial charge on any atom is -0.309 e. The molecule has 0 aliphatic heterocycles. The number of fused-ring (bicyclic) bond motifs is 9. The van der Waals surface area contributed by atoms with E-state index in [2.05, 4.69) is 205 Å². The molecule has 0 fully saturated rings. The molecular weight excluding hydrogens is 727 g/mol. The molecule has 12 rings (SSSR count). The third-order valence-electron chi connectivity index (χ3n) is 11.7. The van der Waals surface area contributed by atoms with E-state index in [0.29, 0.717) is 0 Å². The second-order valence-electron chi connectivity index (χ2n) is 14.8. The zero-order chi connectivity index (χ0) is 37.5. The lowest BCUT2D eigenvalue weighted by Crippen LogP contribution is -1.93. The number of para-hydroxylation sites is 1. The third-order valence-corrected chi connectivity index (χ3v) is 14.1. The van der Waals surface area contributed by atoms with Gasteiger partial charge in [-0.25, -0.2) is 0 Å². The van der Waals surface area contributed by atoms with Crippen molar-refractivity contribution in [3.05, 3.63) is 200 Å². The minimum absolute atomic E-state index is 1.16. The van der Waals surface area contributed by atoms with Gasteiger partial charge in [0.15, 0.2) is 0 Å². The number of hydrogen-bond donors (Lipinski definition) is 0. The maximum absolute atomic E-state index is 2.40. The molecule has 0 atom stereocenters. The van der Waals surface area contributed by atoms with Gasteiger partial charge in [-0.1, -0.05) is 158 Å². The van der Waals surface area contributed by atoms with Crippen molar-refractivity contribution in [2.45, 2.75) is 0 Å². The molecule has 3 heteroatoms. The molecule has 3 heterocycles. The van der Waals surface area contributed by atoms with E-state index in [9.17, 15) is 0 Å². The van der Waals surface area contributed by atoms with Gasteiger partial charge in [0.25, 0.3) is 0 Å². The maximum Gasteiger partial charge on any atom is 0.0541 e. The van der Waals surface area contributed by atoms with E-state index in [0.717, 1.165) is 5.69 Å². The largest absolute Gasteiger partial charge is 0.309 e. The lowest BCUT2D eigenvalue weighted by Gasteiger charge is -2.11. The summed E-state index contributed by atoms with van der Waals surface area (Å²) < 4.78 is 7.78. The lowest BCUT2D eigenvalue weighted by molar-refractivity contribution is 1.18. The van der Waals surface area contributed by atoms with Gasteiger partial charge in [-0.3, -0.25) is 0 Å². The standard InChI is InChI=1S/C54H33NS2/c1-4-16-49-43(9-1)48-33-39(36-21-25-38(26-22-36)42-13-8-15-47-45-11-3-6-18-52(45)57-54(42)47)29-32-50(48)55(49)40-30-27-35(28-31-40)34-19-23-37(24-20-34)41-12-7-14-46-44-10-2-5-17-51(44)56-53(41)46/h1-33H. The van der Waals surface area contributed by atoms with E-state index in [4.69, 9.17) is 0 Å². The Hall–Kier alpha value is -6.78. The first-order chi connectivity index (χ1) is 28.2. The van der Waals surface area contributed by atoms with Gasteiger partial charge in [0.05, 0.1) is 11.0 Å². The summed E-state index contributed by atoms with van der Waals surface area (Å²) in [5.41, 5.74) is 13.5. The van der Waals surface area contributed by atoms with Crippen LogP contribution in [-0.4, -0.2) is 4.57 Å². The zero-order valence-electron chi connectivity index (χ0n) is 30.8. The Morgan fingerprint density at radius 2 is 0.702 bits per heavy atom. The molecule has 0 bridgehead atoms. The Morgan fingerprint density at radius 1 is 0.281 bits per heavy atom. The van der Waals surface area contributed by atoms with E-state index < -0.39 is 0 Å². The Labute approximate surface area is 338 Å². The number of hydrogen-bond acceptors (Lipinski definition) is 2. The van der Waals surface area contributed by atoms with Crippen molar-refractivity contribution in [2.75, 3.05) is 0 Å². The van der Waals surface area contributed by atoms with Crippen LogP contribution in [0.3, 0.4) is 0 Å². The van der Waals surface area contributed by atoms with E-state index in [1.165, 1.54) is 107 Å². The lowest BCUT2D eigenvalue weighted by atomic mass is 9.98. The van der Waals surface area contributed by atoms with Crippen molar-refractivity contribution >= 4 is 84.8 Å². The highest BCUT2D eigenvalue weighted by molar-refractivity contribution is 7.26. The molecule has 0 amide bonds. The fourth-order valence-corrected chi connectivity index (χ4v) is 11.3. The summed E-state index contributed by atoms with van der Waals surface area (Å²) >= 11 is 3.77. The third kappa shape index (κ3) is 5.20. The predicted molar refractivity (Wildman–Crippen MR) is 248 cm³/mol. The van der Waals surface area contributed by atoms with Gasteiger partial charge < -0.3 is 4.57 Å². The van der Waals surface area contributed by atoms with Gasteiger partial charge in [0.2, 0.25) is 0 Å². The van der Waals surface area contributed by atoms with Crippen LogP contribution < -0.4 is 0 Å². The molecule has 9 aromatic carbocycles. The van der Waals surface area contributed by atoms with Crippen LogP contribution in [0, 0.1) is 0 Å². The topological polar surface area (TPSA) is 4.93 Å². The molecule has 57 heavy (non-hydrogen) atoms. The molecule has 266 valence electrons. The van der Waals surface area contributed by atoms with Crippen LogP contribution in [0.4, 0.5) is 0 Å². The molecule has 0 N–H and O–H groups in total. The summed E-state index contributed by atoms with van der Waals surface area (Å²) in [7, 11) is 0. The van der Waals surface area contributed by atoms with Crippen LogP contribution in [-0.2, 0) is 0 Å². The molecule has 0 unspecified atom stereocenters. The summed E-state index contributed by atoms with van der Waals surface area (Å²) in [6.07, 6.45) is 0. The van der Waals surface area contributed by atoms with Crippen LogP contribution in [0.2, 0.25) is 0 Å². The SMILES string of the molecule is c1ccc2c(c1)sc1c(-c3ccc(-c4ccc(-n5c6ccccc6c6cc(-c7ccc(-c8cccc9c8sc8ccccc89)cc7)ccc65)cc4)cc3)cccc12. The quantitative estimate of drug-likeness (QED) is 0.165. The monoisotopic (exact) mass is 759 g/mol. The molecule has 3 aromatic heterocycles. The summed E-state index contributed by atoms with van der Waals surface area (Å²) in [6.45, 7) is 0.